The van der Waals surface area contributed by atoms with Crippen molar-refractivity contribution in [2.24, 2.45) is 5.92 Å². The zero-order valence-corrected chi connectivity index (χ0v) is 12.0. The number of rotatable bonds is 4. The molecule has 1 atom stereocenters. The number of hydrogen-bond donors (Lipinski definition) is 3. The van der Waals surface area contributed by atoms with Crippen molar-refractivity contribution < 1.29 is 14.6 Å². The van der Waals surface area contributed by atoms with E-state index < -0.39 is 0 Å². The van der Waals surface area contributed by atoms with Gasteiger partial charge >= 0.3 is 0 Å². The van der Waals surface area contributed by atoms with E-state index in [1.165, 1.54) is 13.2 Å². The first-order chi connectivity index (χ1) is 9.61. The minimum absolute atomic E-state index is 0.0561. The van der Waals surface area contributed by atoms with Crippen LogP contribution >= 0.6 is 0 Å². The zero-order valence-electron chi connectivity index (χ0n) is 12.0. The van der Waals surface area contributed by atoms with Crippen molar-refractivity contribution in [2.75, 3.05) is 20.2 Å². The number of phenols is 1. The largest absolute Gasteiger partial charge is 0.507 e. The van der Waals surface area contributed by atoms with Crippen LogP contribution in [-0.2, 0) is 0 Å². The van der Waals surface area contributed by atoms with Gasteiger partial charge in [0.25, 0.3) is 5.91 Å². The number of nitrogens with one attached hydrogen (secondary N) is 2. The van der Waals surface area contributed by atoms with Gasteiger partial charge in [0.05, 0.1) is 12.7 Å². The van der Waals surface area contributed by atoms with Crippen LogP contribution in [0.25, 0.3) is 0 Å². The number of hydrogen-bond acceptors (Lipinski definition) is 4. The molecule has 1 unspecified atom stereocenters. The van der Waals surface area contributed by atoms with E-state index in [2.05, 4.69) is 10.6 Å². The molecule has 1 fully saturated rings. The van der Waals surface area contributed by atoms with Gasteiger partial charge < -0.3 is 20.5 Å². The molecule has 1 aromatic rings. The van der Waals surface area contributed by atoms with Gasteiger partial charge in [-0.1, -0.05) is 0 Å². The van der Waals surface area contributed by atoms with Gasteiger partial charge in [0.1, 0.15) is 11.5 Å². The van der Waals surface area contributed by atoms with Crippen LogP contribution in [0.15, 0.2) is 18.2 Å². The van der Waals surface area contributed by atoms with Crippen molar-refractivity contribution in [2.45, 2.75) is 25.8 Å². The van der Waals surface area contributed by atoms with Crippen LogP contribution < -0.4 is 15.4 Å². The van der Waals surface area contributed by atoms with Gasteiger partial charge in [0, 0.05) is 12.1 Å². The smallest absolute Gasteiger partial charge is 0.255 e. The van der Waals surface area contributed by atoms with E-state index in [0.29, 0.717) is 11.7 Å². The predicted octanol–water partition coefficient (Wildman–Crippen LogP) is 1.52. The molecule has 0 saturated carbocycles. The minimum Gasteiger partial charge on any atom is -0.507 e. The molecule has 1 aromatic carbocycles. The SMILES string of the molecule is COc1ccc(C(=O)NC(C)C2CCNCC2)c(O)c1. The molecule has 110 valence electrons. The topological polar surface area (TPSA) is 70.6 Å². The average molecular weight is 278 g/mol. The van der Waals surface area contributed by atoms with E-state index in [9.17, 15) is 9.90 Å². The molecule has 0 radical (unpaired) electrons. The predicted molar refractivity (Wildman–Crippen MR) is 77.2 cm³/mol. The van der Waals surface area contributed by atoms with Gasteiger partial charge in [0.15, 0.2) is 0 Å². The van der Waals surface area contributed by atoms with Crippen LogP contribution in [-0.4, -0.2) is 37.3 Å². The normalized spacial score (nSPS) is 17.5. The monoisotopic (exact) mass is 278 g/mol. The number of methoxy groups -OCH3 is 1. The van der Waals surface area contributed by atoms with E-state index >= 15 is 0 Å². The first-order valence-corrected chi connectivity index (χ1v) is 7.00. The van der Waals surface area contributed by atoms with Crippen molar-refractivity contribution in [1.82, 2.24) is 10.6 Å². The molecule has 1 heterocycles. The molecule has 1 aliphatic heterocycles. The fourth-order valence-corrected chi connectivity index (χ4v) is 2.58. The third kappa shape index (κ3) is 3.42. The van der Waals surface area contributed by atoms with Crippen LogP contribution in [0.1, 0.15) is 30.1 Å². The molecule has 3 N–H and O–H groups in total. The van der Waals surface area contributed by atoms with Crippen LogP contribution in [0.2, 0.25) is 0 Å². The summed E-state index contributed by atoms with van der Waals surface area (Å²) in [5.74, 6) is 0.724. The molecule has 20 heavy (non-hydrogen) atoms. The number of amides is 1. The Kier molecular flexibility index (Phi) is 4.84. The second kappa shape index (κ2) is 6.61. The third-order valence-corrected chi connectivity index (χ3v) is 3.90. The van der Waals surface area contributed by atoms with E-state index in [0.717, 1.165) is 25.9 Å². The van der Waals surface area contributed by atoms with Gasteiger partial charge in [-0.15, -0.1) is 0 Å². The molecule has 5 heteroatoms. The summed E-state index contributed by atoms with van der Waals surface area (Å²) in [6.07, 6.45) is 2.13. The van der Waals surface area contributed by atoms with E-state index in [1.807, 2.05) is 6.92 Å². The second-order valence-corrected chi connectivity index (χ2v) is 5.23. The summed E-state index contributed by atoms with van der Waals surface area (Å²) in [7, 11) is 1.52. The molecular weight excluding hydrogens is 256 g/mol. The minimum atomic E-state index is -0.240. The summed E-state index contributed by atoms with van der Waals surface area (Å²) < 4.78 is 5.01. The maximum atomic E-state index is 12.2. The number of carbonyl (C=O) groups is 1. The lowest BCUT2D eigenvalue weighted by Crippen LogP contribution is -2.42. The molecular formula is C15H22N2O3. The number of piperidine rings is 1. The number of benzene rings is 1. The lowest BCUT2D eigenvalue weighted by molar-refractivity contribution is 0.0918. The molecule has 0 aromatic heterocycles. The fourth-order valence-electron chi connectivity index (χ4n) is 2.58. The van der Waals surface area contributed by atoms with Crippen LogP contribution in [0.4, 0.5) is 0 Å². The van der Waals surface area contributed by atoms with Crippen molar-refractivity contribution in [3.8, 4) is 11.5 Å². The Morgan fingerprint density at radius 1 is 1.45 bits per heavy atom. The summed E-state index contributed by atoms with van der Waals surface area (Å²) in [5.41, 5.74) is 0.284. The molecule has 0 aliphatic carbocycles. The average Bonchev–Trinajstić information content (AvgIpc) is 2.47. The van der Waals surface area contributed by atoms with Crippen molar-refractivity contribution >= 4 is 5.91 Å². The number of ether oxygens (including phenoxy) is 1. The molecule has 0 bridgehead atoms. The molecule has 1 aliphatic rings. The Bertz CT molecular complexity index is 470. The first kappa shape index (κ1) is 14.7. The van der Waals surface area contributed by atoms with Gasteiger partial charge in [-0.2, -0.15) is 0 Å². The molecule has 1 saturated heterocycles. The van der Waals surface area contributed by atoms with Gasteiger partial charge in [-0.3, -0.25) is 4.79 Å². The first-order valence-electron chi connectivity index (χ1n) is 7.00. The maximum absolute atomic E-state index is 12.2. The van der Waals surface area contributed by atoms with Crippen LogP contribution in [0.5, 0.6) is 11.5 Å². The Morgan fingerprint density at radius 3 is 2.75 bits per heavy atom. The summed E-state index contributed by atoms with van der Waals surface area (Å²) in [4.78, 5) is 12.2. The van der Waals surface area contributed by atoms with Gasteiger partial charge in [-0.25, -0.2) is 0 Å². The highest BCUT2D eigenvalue weighted by Gasteiger charge is 2.22. The number of aromatic hydroxyl groups is 1. The van der Waals surface area contributed by atoms with Gasteiger partial charge in [0.2, 0.25) is 0 Å². The summed E-state index contributed by atoms with van der Waals surface area (Å²) >= 11 is 0. The molecule has 0 spiro atoms. The Balaban J connectivity index is 2.00. The third-order valence-electron chi connectivity index (χ3n) is 3.90. The van der Waals surface area contributed by atoms with Crippen molar-refractivity contribution in [3.63, 3.8) is 0 Å². The van der Waals surface area contributed by atoms with Crippen molar-refractivity contribution in [3.05, 3.63) is 23.8 Å². The zero-order chi connectivity index (χ0) is 14.5. The number of phenolic OH excluding ortho intramolecular Hbond substituents is 1. The molecule has 5 nitrogen and oxygen atoms in total. The summed E-state index contributed by atoms with van der Waals surface area (Å²) in [5, 5.41) is 16.2. The summed E-state index contributed by atoms with van der Waals surface area (Å²) in [6, 6.07) is 4.80. The standard InChI is InChI=1S/C15H22N2O3/c1-10(11-5-7-16-8-6-11)17-15(19)13-4-3-12(20-2)9-14(13)18/h3-4,9-11,16,18H,5-8H2,1-2H3,(H,17,19). The molecule has 1 amide bonds. The van der Waals surface area contributed by atoms with Crippen LogP contribution in [0.3, 0.4) is 0 Å². The van der Waals surface area contributed by atoms with Gasteiger partial charge in [-0.05, 0) is 50.9 Å². The Hall–Kier alpha value is -1.75. The molecule has 2 rings (SSSR count). The summed E-state index contributed by atoms with van der Waals surface area (Å²) in [6.45, 7) is 4.02. The number of carbonyl (C=O) groups excluding carboxylic acids is 1. The fraction of sp³-hybridized carbons (Fsp3) is 0.533. The van der Waals surface area contributed by atoms with E-state index in [-0.39, 0.29) is 23.3 Å². The van der Waals surface area contributed by atoms with E-state index in [1.54, 1.807) is 12.1 Å². The second-order valence-electron chi connectivity index (χ2n) is 5.23. The highest BCUT2D eigenvalue weighted by molar-refractivity contribution is 5.97. The highest BCUT2D eigenvalue weighted by Crippen LogP contribution is 2.24. The highest BCUT2D eigenvalue weighted by atomic mass is 16.5. The quantitative estimate of drug-likeness (QED) is 0.781. The van der Waals surface area contributed by atoms with Crippen LogP contribution in [0, 0.1) is 5.92 Å². The lowest BCUT2D eigenvalue weighted by Gasteiger charge is -2.28. The maximum Gasteiger partial charge on any atom is 0.255 e. The Morgan fingerprint density at radius 2 is 2.15 bits per heavy atom. The van der Waals surface area contributed by atoms with E-state index in [4.69, 9.17) is 4.74 Å². The van der Waals surface area contributed by atoms with Crippen molar-refractivity contribution in [1.29, 1.82) is 0 Å². The lowest BCUT2D eigenvalue weighted by atomic mass is 9.91. The Labute approximate surface area is 119 Å².